The molecule has 4 aromatic rings. The molecular formula is C31H30F4. The van der Waals surface area contributed by atoms with Crippen molar-refractivity contribution in [2.24, 2.45) is 0 Å². The maximum atomic E-state index is 15.2. The lowest BCUT2D eigenvalue weighted by atomic mass is 9.96. The van der Waals surface area contributed by atoms with Gasteiger partial charge in [-0.3, -0.25) is 0 Å². The molecule has 0 unspecified atom stereocenters. The first-order valence-corrected chi connectivity index (χ1v) is 12.4. The Morgan fingerprint density at radius 3 is 1.94 bits per heavy atom. The minimum Gasteiger partial charge on any atom is -0.206 e. The van der Waals surface area contributed by atoms with Crippen molar-refractivity contribution in [3.05, 3.63) is 107 Å². The average Bonchev–Trinajstić information content (AvgIpc) is 2.87. The number of rotatable bonds is 10. The maximum Gasteiger partial charge on any atom is 0.194 e. The van der Waals surface area contributed by atoms with Gasteiger partial charge in [0.2, 0.25) is 0 Å². The summed E-state index contributed by atoms with van der Waals surface area (Å²) in [5, 5.41) is 1.30. The van der Waals surface area contributed by atoms with Gasteiger partial charge >= 0.3 is 0 Å². The van der Waals surface area contributed by atoms with Crippen LogP contribution in [0.2, 0.25) is 0 Å². The molecule has 0 fully saturated rings. The molecule has 0 spiro atoms. The SMILES string of the molecule is CCCCCCCc1ccc(-c2ccc3c(F)c(CCc4cc(F)c(F)c(F)c4)ccc3c2)cc1. The van der Waals surface area contributed by atoms with Gasteiger partial charge in [-0.15, -0.1) is 0 Å². The van der Waals surface area contributed by atoms with Crippen LogP contribution in [0.1, 0.15) is 55.7 Å². The molecule has 0 aromatic heterocycles. The van der Waals surface area contributed by atoms with E-state index in [2.05, 4.69) is 31.2 Å². The third kappa shape index (κ3) is 6.11. The standard InChI is InChI=1S/C31H30F4/c1-2-3-4-5-6-7-21-8-11-23(12-9-21)25-16-17-27-26(20-25)15-14-24(30(27)34)13-10-22-18-28(32)31(35)29(33)19-22/h8-9,11-12,14-20H,2-7,10,13H2,1H3. The number of hydrogen-bond acceptors (Lipinski definition) is 0. The van der Waals surface area contributed by atoms with E-state index in [1.54, 1.807) is 12.1 Å². The molecule has 4 heteroatoms. The number of halogens is 4. The Bertz CT molecular complexity index is 1270. The molecule has 35 heavy (non-hydrogen) atoms. The molecule has 4 aromatic carbocycles. The van der Waals surface area contributed by atoms with Gasteiger partial charge in [0.1, 0.15) is 5.82 Å². The zero-order valence-electron chi connectivity index (χ0n) is 20.0. The molecular weight excluding hydrogens is 448 g/mol. The van der Waals surface area contributed by atoms with Gasteiger partial charge in [-0.05, 0) is 77.1 Å². The number of benzene rings is 4. The Morgan fingerprint density at radius 1 is 0.543 bits per heavy atom. The molecule has 0 bridgehead atoms. The first-order chi connectivity index (χ1) is 17.0. The highest BCUT2D eigenvalue weighted by atomic mass is 19.2. The molecule has 0 saturated heterocycles. The second-order valence-corrected chi connectivity index (χ2v) is 9.21. The van der Waals surface area contributed by atoms with E-state index in [9.17, 15) is 13.2 Å². The summed E-state index contributed by atoms with van der Waals surface area (Å²) in [5.74, 6) is -4.29. The van der Waals surface area contributed by atoms with E-state index < -0.39 is 17.5 Å². The Kier molecular flexibility index (Phi) is 8.22. The van der Waals surface area contributed by atoms with Crippen molar-refractivity contribution < 1.29 is 17.6 Å². The Morgan fingerprint density at radius 2 is 1.23 bits per heavy atom. The summed E-state index contributed by atoms with van der Waals surface area (Å²) >= 11 is 0. The molecule has 182 valence electrons. The Hall–Kier alpha value is -3.14. The van der Waals surface area contributed by atoms with Crippen LogP contribution in [0.4, 0.5) is 17.6 Å². The molecule has 0 radical (unpaired) electrons. The number of unbranched alkanes of at least 4 members (excludes halogenated alkanes) is 4. The zero-order valence-corrected chi connectivity index (χ0v) is 20.0. The number of aryl methyl sites for hydroxylation is 3. The lowest BCUT2D eigenvalue weighted by Gasteiger charge is -2.10. The van der Waals surface area contributed by atoms with Gasteiger partial charge < -0.3 is 0 Å². The number of hydrogen-bond donors (Lipinski definition) is 0. The summed E-state index contributed by atoms with van der Waals surface area (Å²) in [6.45, 7) is 2.22. The van der Waals surface area contributed by atoms with E-state index in [0.717, 1.165) is 35.1 Å². The molecule has 0 aliphatic heterocycles. The van der Waals surface area contributed by atoms with E-state index in [1.807, 2.05) is 18.2 Å². The van der Waals surface area contributed by atoms with Crippen LogP contribution in [0, 0.1) is 23.3 Å². The predicted molar refractivity (Wildman–Crippen MR) is 136 cm³/mol. The first kappa shape index (κ1) is 25.0. The quantitative estimate of drug-likeness (QED) is 0.121. The normalized spacial score (nSPS) is 11.3. The van der Waals surface area contributed by atoms with Crippen LogP contribution >= 0.6 is 0 Å². The molecule has 0 heterocycles. The lowest BCUT2D eigenvalue weighted by Crippen LogP contribution is -1.99. The van der Waals surface area contributed by atoms with Crippen LogP contribution in [0.15, 0.2) is 66.7 Å². The van der Waals surface area contributed by atoms with E-state index >= 15 is 4.39 Å². The van der Waals surface area contributed by atoms with Gasteiger partial charge in [0.15, 0.2) is 17.5 Å². The summed E-state index contributed by atoms with van der Waals surface area (Å²) in [6.07, 6.45) is 7.89. The van der Waals surface area contributed by atoms with Crippen molar-refractivity contribution in [3.8, 4) is 11.1 Å². The van der Waals surface area contributed by atoms with E-state index in [4.69, 9.17) is 0 Å². The molecule has 4 rings (SSSR count). The average molecular weight is 479 g/mol. The fourth-order valence-electron chi connectivity index (χ4n) is 4.54. The zero-order chi connectivity index (χ0) is 24.8. The van der Waals surface area contributed by atoms with E-state index in [1.165, 1.54) is 37.7 Å². The van der Waals surface area contributed by atoms with E-state index in [-0.39, 0.29) is 18.7 Å². The fourth-order valence-corrected chi connectivity index (χ4v) is 4.54. The van der Waals surface area contributed by atoms with Crippen molar-refractivity contribution in [3.63, 3.8) is 0 Å². The lowest BCUT2D eigenvalue weighted by molar-refractivity contribution is 0.445. The predicted octanol–water partition coefficient (Wildman–Crippen LogP) is 9.36. The molecule has 0 atom stereocenters. The van der Waals surface area contributed by atoms with Crippen molar-refractivity contribution in [2.45, 2.75) is 58.3 Å². The van der Waals surface area contributed by atoms with Gasteiger partial charge in [0, 0.05) is 5.39 Å². The Labute approximate surface area is 204 Å². The maximum absolute atomic E-state index is 15.2. The van der Waals surface area contributed by atoms with Crippen molar-refractivity contribution in [1.82, 2.24) is 0 Å². The molecule has 0 aliphatic rings. The van der Waals surface area contributed by atoms with Crippen molar-refractivity contribution >= 4 is 10.8 Å². The smallest absolute Gasteiger partial charge is 0.194 e. The van der Waals surface area contributed by atoms with Gasteiger partial charge in [0.25, 0.3) is 0 Å². The van der Waals surface area contributed by atoms with Crippen LogP contribution in [0.3, 0.4) is 0 Å². The highest BCUT2D eigenvalue weighted by Crippen LogP contribution is 2.29. The van der Waals surface area contributed by atoms with Gasteiger partial charge in [0.05, 0.1) is 0 Å². The minimum atomic E-state index is -1.49. The van der Waals surface area contributed by atoms with Crippen LogP contribution in [-0.2, 0) is 19.3 Å². The summed E-state index contributed by atoms with van der Waals surface area (Å²) < 4.78 is 55.3. The molecule has 0 amide bonds. The summed E-state index contributed by atoms with van der Waals surface area (Å²) in [4.78, 5) is 0. The highest BCUT2D eigenvalue weighted by Gasteiger charge is 2.13. The second kappa shape index (κ2) is 11.5. The molecule has 0 N–H and O–H groups in total. The van der Waals surface area contributed by atoms with Crippen LogP contribution in [0.5, 0.6) is 0 Å². The fraction of sp³-hybridized carbons (Fsp3) is 0.290. The van der Waals surface area contributed by atoms with Crippen LogP contribution in [0.25, 0.3) is 21.9 Å². The highest BCUT2D eigenvalue weighted by molar-refractivity contribution is 5.88. The van der Waals surface area contributed by atoms with Crippen LogP contribution < -0.4 is 0 Å². The topological polar surface area (TPSA) is 0 Å². The molecule has 0 saturated carbocycles. The summed E-state index contributed by atoms with van der Waals surface area (Å²) in [5.41, 5.74) is 4.20. The summed E-state index contributed by atoms with van der Waals surface area (Å²) in [6, 6.07) is 19.8. The second-order valence-electron chi connectivity index (χ2n) is 9.21. The third-order valence-corrected chi connectivity index (χ3v) is 6.62. The van der Waals surface area contributed by atoms with E-state index in [0.29, 0.717) is 16.5 Å². The number of fused-ring (bicyclic) bond motifs is 1. The van der Waals surface area contributed by atoms with Crippen molar-refractivity contribution in [1.29, 1.82) is 0 Å². The van der Waals surface area contributed by atoms with Gasteiger partial charge in [-0.1, -0.05) is 81.1 Å². The van der Waals surface area contributed by atoms with Crippen molar-refractivity contribution in [2.75, 3.05) is 0 Å². The van der Waals surface area contributed by atoms with Gasteiger partial charge in [-0.25, -0.2) is 17.6 Å². The molecule has 0 nitrogen and oxygen atoms in total. The molecule has 0 aliphatic carbocycles. The third-order valence-electron chi connectivity index (χ3n) is 6.62. The van der Waals surface area contributed by atoms with Crippen LogP contribution in [-0.4, -0.2) is 0 Å². The minimum absolute atomic E-state index is 0.208. The first-order valence-electron chi connectivity index (χ1n) is 12.4. The van der Waals surface area contributed by atoms with Gasteiger partial charge in [-0.2, -0.15) is 0 Å². The largest absolute Gasteiger partial charge is 0.206 e. The Balaban J connectivity index is 1.45. The monoisotopic (exact) mass is 478 g/mol. The summed E-state index contributed by atoms with van der Waals surface area (Å²) in [7, 11) is 0.